The molecule has 1 aromatic rings. The largest absolute Gasteiger partial charge is 0.460 e. The molecule has 0 aliphatic rings. The summed E-state index contributed by atoms with van der Waals surface area (Å²) in [6, 6.07) is 6.59. The lowest BCUT2D eigenvalue weighted by molar-refractivity contribution is -0.153. The quantitative estimate of drug-likeness (QED) is 0.318. The van der Waals surface area contributed by atoms with Crippen LogP contribution in [-0.2, 0) is 14.3 Å². The highest BCUT2D eigenvalue weighted by atomic mass is 32.2. The van der Waals surface area contributed by atoms with Gasteiger partial charge in [-0.1, -0.05) is 12.1 Å². The molecule has 0 atom stereocenters. The number of Topliss-reactive ketones (excluding diaryl/α,β-unsaturated/α-hetero) is 1. The van der Waals surface area contributed by atoms with Gasteiger partial charge in [0, 0.05) is 11.3 Å². The summed E-state index contributed by atoms with van der Waals surface area (Å²) < 4.78 is 17.9. The smallest absolute Gasteiger partial charge is 0.374 e. The lowest BCUT2D eigenvalue weighted by Gasteiger charge is -2.03. The van der Waals surface area contributed by atoms with Crippen LogP contribution in [0.4, 0.5) is 4.39 Å². The van der Waals surface area contributed by atoms with Crippen LogP contribution >= 0.6 is 11.8 Å². The predicted molar refractivity (Wildman–Crippen MR) is 72.6 cm³/mol. The standard InChI is InChI=1S/C14H17FO3S/c1-2-18-14(17)12(16)8-5-6-10-19-13-9-4-3-7-11(13)15/h3-4,7,9H,2,5-6,8,10H2,1H3. The zero-order chi connectivity index (χ0) is 14.1. The highest BCUT2D eigenvalue weighted by Gasteiger charge is 2.13. The maximum absolute atomic E-state index is 13.3. The van der Waals surface area contributed by atoms with Crippen molar-refractivity contribution in [1.82, 2.24) is 0 Å². The zero-order valence-corrected chi connectivity index (χ0v) is 11.7. The Bertz CT molecular complexity index is 434. The SMILES string of the molecule is CCOC(=O)C(=O)CCCCSc1ccccc1F. The van der Waals surface area contributed by atoms with Gasteiger partial charge in [-0.15, -0.1) is 11.8 Å². The Morgan fingerprint density at radius 1 is 1.26 bits per heavy atom. The molecule has 0 bridgehead atoms. The number of unbranched alkanes of at least 4 members (excludes halogenated alkanes) is 1. The fourth-order valence-electron chi connectivity index (χ4n) is 1.45. The van der Waals surface area contributed by atoms with Crippen LogP contribution in [0.25, 0.3) is 0 Å². The first kappa shape index (κ1) is 15.7. The van der Waals surface area contributed by atoms with Crippen molar-refractivity contribution in [2.24, 2.45) is 0 Å². The molecule has 0 unspecified atom stereocenters. The van der Waals surface area contributed by atoms with Crippen LogP contribution in [0, 0.1) is 5.82 Å². The molecule has 1 aromatic carbocycles. The Kier molecular flexibility index (Phi) is 7.18. The molecule has 0 fully saturated rings. The minimum atomic E-state index is -0.760. The third-order valence-corrected chi connectivity index (χ3v) is 3.53. The number of ether oxygens (including phenoxy) is 1. The number of carbonyl (C=O) groups excluding carboxylic acids is 2. The zero-order valence-electron chi connectivity index (χ0n) is 10.9. The van der Waals surface area contributed by atoms with E-state index in [9.17, 15) is 14.0 Å². The van der Waals surface area contributed by atoms with Gasteiger partial charge in [-0.25, -0.2) is 9.18 Å². The van der Waals surface area contributed by atoms with Crippen molar-refractivity contribution in [3.05, 3.63) is 30.1 Å². The number of hydrogen-bond acceptors (Lipinski definition) is 4. The number of halogens is 1. The van der Waals surface area contributed by atoms with Gasteiger partial charge >= 0.3 is 5.97 Å². The number of hydrogen-bond donors (Lipinski definition) is 0. The number of carbonyl (C=O) groups is 2. The lowest BCUT2D eigenvalue weighted by atomic mass is 10.2. The van der Waals surface area contributed by atoms with Crippen molar-refractivity contribution < 1.29 is 18.7 Å². The van der Waals surface area contributed by atoms with E-state index in [1.165, 1.54) is 17.8 Å². The topological polar surface area (TPSA) is 43.4 Å². The monoisotopic (exact) mass is 284 g/mol. The van der Waals surface area contributed by atoms with Gasteiger partial charge in [0.15, 0.2) is 0 Å². The summed E-state index contributed by atoms with van der Waals surface area (Å²) in [5, 5.41) is 0. The molecule has 0 N–H and O–H groups in total. The molecule has 0 saturated carbocycles. The van der Waals surface area contributed by atoms with E-state index in [4.69, 9.17) is 0 Å². The molecule has 5 heteroatoms. The van der Waals surface area contributed by atoms with Gasteiger partial charge < -0.3 is 4.74 Å². The summed E-state index contributed by atoms with van der Waals surface area (Å²) in [6.45, 7) is 1.88. The first-order chi connectivity index (χ1) is 9.15. The Morgan fingerprint density at radius 3 is 2.68 bits per heavy atom. The van der Waals surface area contributed by atoms with Gasteiger partial charge in [-0.3, -0.25) is 4.79 Å². The van der Waals surface area contributed by atoms with Crippen LogP contribution in [0.15, 0.2) is 29.2 Å². The van der Waals surface area contributed by atoms with Gasteiger partial charge in [0.2, 0.25) is 5.78 Å². The highest BCUT2D eigenvalue weighted by Crippen LogP contribution is 2.22. The second-order valence-corrected chi connectivity index (χ2v) is 5.02. The maximum Gasteiger partial charge on any atom is 0.374 e. The lowest BCUT2D eigenvalue weighted by Crippen LogP contribution is -2.16. The molecule has 0 spiro atoms. The van der Waals surface area contributed by atoms with Crippen LogP contribution in [0.3, 0.4) is 0 Å². The fourth-order valence-corrected chi connectivity index (χ4v) is 2.39. The van der Waals surface area contributed by atoms with E-state index >= 15 is 0 Å². The Labute approximate surface area is 116 Å². The first-order valence-electron chi connectivity index (χ1n) is 6.22. The molecule has 3 nitrogen and oxygen atoms in total. The number of thioether (sulfide) groups is 1. The molecule has 0 amide bonds. The molecule has 0 aromatic heterocycles. The van der Waals surface area contributed by atoms with Crippen molar-refractivity contribution >= 4 is 23.5 Å². The van der Waals surface area contributed by atoms with E-state index in [-0.39, 0.29) is 18.8 Å². The van der Waals surface area contributed by atoms with Crippen LogP contribution in [0.5, 0.6) is 0 Å². The third-order valence-electron chi connectivity index (χ3n) is 2.40. The molecular weight excluding hydrogens is 267 g/mol. The van der Waals surface area contributed by atoms with E-state index < -0.39 is 11.8 Å². The van der Waals surface area contributed by atoms with Crippen molar-refractivity contribution in [2.75, 3.05) is 12.4 Å². The molecular formula is C14H17FO3S. The fraction of sp³-hybridized carbons (Fsp3) is 0.429. The van der Waals surface area contributed by atoms with E-state index in [1.807, 2.05) is 0 Å². The molecule has 0 aliphatic carbocycles. The van der Waals surface area contributed by atoms with E-state index in [0.717, 1.165) is 12.2 Å². The molecule has 19 heavy (non-hydrogen) atoms. The average molecular weight is 284 g/mol. The minimum Gasteiger partial charge on any atom is -0.460 e. The third kappa shape index (κ3) is 5.87. The van der Waals surface area contributed by atoms with E-state index in [2.05, 4.69) is 4.74 Å². The van der Waals surface area contributed by atoms with Gasteiger partial charge in [0.05, 0.1) is 6.61 Å². The van der Waals surface area contributed by atoms with Gasteiger partial charge in [0.25, 0.3) is 0 Å². The summed E-state index contributed by atoms with van der Waals surface area (Å²) in [4.78, 5) is 22.9. The predicted octanol–water partition coefficient (Wildman–Crippen LogP) is 3.22. The summed E-state index contributed by atoms with van der Waals surface area (Å²) in [7, 11) is 0. The van der Waals surface area contributed by atoms with Crippen molar-refractivity contribution in [2.45, 2.75) is 31.1 Å². The van der Waals surface area contributed by atoms with Gasteiger partial charge in [-0.05, 0) is 37.7 Å². The molecule has 0 saturated heterocycles. The van der Waals surface area contributed by atoms with Crippen molar-refractivity contribution in [3.63, 3.8) is 0 Å². The second kappa shape index (κ2) is 8.69. The normalized spacial score (nSPS) is 10.2. The Morgan fingerprint density at radius 2 is 2.00 bits per heavy atom. The first-order valence-corrected chi connectivity index (χ1v) is 7.21. The highest BCUT2D eigenvalue weighted by molar-refractivity contribution is 7.99. The van der Waals surface area contributed by atoms with Crippen molar-refractivity contribution in [3.8, 4) is 0 Å². The van der Waals surface area contributed by atoms with Crippen LogP contribution in [0.1, 0.15) is 26.2 Å². The number of esters is 1. The molecule has 1 rings (SSSR count). The summed E-state index contributed by atoms with van der Waals surface area (Å²) >= 11 is 1.41. The van der Waals surface area contributed by atoms with E-state index in [1.54, 1.807) is 25.1 Å². The number of rotatable bonds is 8. The summed E-state index contributed by atoms with van der Waals surface area (Å²) in [5.41, 5.74) is 0. The van der Waals surface area contributed by atoms with Crippen molar-refractivity contribution in [1.29, 1.82) is 0 Å². The van der Waals surface area contributed by atoms with E-state index in [0.29, 0.717) is 11.3 Å². The van der Waals surface area contributed by atoms with Crippen LogP contribution in [-0.4, -0.2) is 24.1 Å². The average Bonchev–Trinajstić information content (AvgIpc) is 2.40. The molecule has 0 aliphatic heterocycles. The summed E-state index contributed by atoms with van der Waals surface area (Å²) in [5.74, 6) is -0.756. The second-order valence-electron chi connectivity index (χ2n) is 3.88. The number of benzene rings is 1. The van der Waals surface area contributed by atoms with Gasteiger partial charge in [0.1, 0.15) is 5.82 Å². The molecule has 0 heterocycles. The number of ketones is 1. The Hall–Kier alpha value is -1.36. The Balaban J connectivity index is 2.17. The summed E-state index contributed by atoms with van der Waals surface area (Å²) in [6.07, 6.45) is 1.56. The van der Waals surface area contributed by atoms with Crippen LogP contribution < -0.4 is 0 Å². The maximum atomic E-state index is 13.3. The van der Waals surface area contributed by atoms with Crippen LogP contribution in [0.2, 0.25) is 0 Å². The molecule has 104 valence electrons. The van der Waals surface area contributed by atoms with Gasteiger partial charge in [-0.2, -0.15) is 0 Å². The minimum absolute atomic E-state index is 0.191. The molecule has 0 radical (unpaired) electrons.